The van der Waals surface area contributed by atoms with Crippen LogP contribution in [0.4, 0.5) is 5.69 Å². The SMILES string of the molecule is C[C@@H](CNS(=O)(=O)c1ccc(N)cc1)c1ccsc1. The zero-order valence-electron chi connectivity index (χ0n) is 10.5. The number of nitrogen functional groups attached to an aromatic ring is 1. The van der Waals surface area contributed by atoms with Gasteiger partial charge in [0.25, 0.3) is 0 Å². The Bertz CT molecular complexity index is 619. The molecule has 1 aromatic carbocycles. The maximum atomic E-state index is 12.1. The molecule has 0 aliphatic carbocycles. The minimum atomic E-state index is -3.47. The van der Waals surface area contributed by atoms with Crippen molar-refractivity contribution < 1.29 is 8.42 Å². The molecule has 102 valence electrons. The normalized spacial score (nSPS) is 13.3. The number of thiophene rings is 1. The number of hydrogen-bond donors (Lipinski definition) is 2. The summed E-state index contributed by atoms with van der Waals surface area (Å²) in [7, 11) is -3.47. The van der Waals surface area contributed by atoms with Gasteiger partial charge in [-0.05, 0) is 52.6 Å². The summed E-state index contributed by atoms with van der Waals surface area (Å²) < 4.78 is 26.8. The number of hydrogen-bond acceptors (Lipinski definition) is 4. The Balaban J connectivity index is 2.04. The Hall–Kier alpha value is -1.37. The van der Waals surface area contributed by atoms with Crippen LogP contribution in [0.1, 0.15) is 18.4 Å². The van der Waals surface area contributed by atoms with E-state index in [0.29, 0.717) is 12.2 Å². The standard InChI is InChI=1S/C13H16N2O2S2/c1-10(11-6-7-18-9-11)8-15-19(16,17)13-4-2-12(14)3-5-13/h2-7,9-10,15H,8,14H2,1H3/t10-/m0/s1. The fraction of sp³-hybridized carbons (Fsp3) is 0.231. The van der Waals surface area contributed by atoms with Gasteiger partial charge in [-0.3, -0.25) is 0 Å². The predicted octanol–water partition coefficient (Wildman–Crippen LogP) is 2.41. The number of benzene rings is 1. The average molecular weight is 296 g/mol. The van der Waals surface area contributed by atoms with Crippen LogP contribution >= 0.6 is 11.3 Å². The molecule has 0 amide bonds. The Kier molecular flexibility index (Phi) is 4.24. The summed E-state index contributed by atoms with van der Waals surface area (Å²) in [6.45, 7) is 2.37. The molecule has 0 saturated heterocycles. The first kappa shape index (κ1) is 14.0. The number of anilines is 1. The van der Waals surface area contributed by atoms with E-state index in [9.17, 15) is 8.42 Å². The number of nitrogens with one attached hydrogen (secondary N) is 1. The summed E-state index contributed by atoms with van der Waals surface area (Å²) in [5.41, 5.74) is 7.23. The minimum Gasteiger partial charge on any atom is -0.399 e. The molecular weight excluding hydrogens is 280 g/mol. The number of nitrogens with two attached hydrogens (primary N) is 1. The summed E-state index contributed by atoms with van der Waals surface area (Å²) in [6, 6.07) is 8.18. The van der Waals surface area contributed by atoms with Gasteiger partial charge in [0, 0.05) is 12.2 Å². The highest BCUT2D eigenvalue weighted by Gasteiger charge is 2.15. The van der Waals surface area contributed by atoms with Crippen LogP contribution in [0.3, 0.4) is 0 Å². The second-order valence-corrected chi connectivity index (χ2v) is 6.93. The molecule has 4 nitrogen and oxygen atoms in total. The van der Waals surface area contributed by atoms with Gasteiger partial charge in [-0.1, -0.05) is 6.92 Å². The fourth-order valence-corrected chi connectivity index (χ4v) is 3.55. The highest BCUT2D eigenvalue weighted by molar-refractivity contribution is 7.89. The third-order valence-electron chi connectivity index (χ3n) is 2.88. The van der Waals surface area contributed by atoms with E-state index in [1.165, 1.54) is 12.1 Å². The van der Waals surface area contributed by atoms with Crippen molar-refractivity contribution in [3.05, 3.63) is 46.7 Å². The van der Waals surface area contributed by atoms with E-state index in [1.54, 1.807) is 23.5 Å². The Morgan fingerprint density at radius 3 is 2.53 bits per heavy atom. The molecule has 0 unspecified atom stereocenters. The van der Waals surface area contributed by atoms with E-state index in [-0.39, 0.29) is 10.8 Å². The highest BCUT2D eigenvalue weighted by Crippen LogP contribution is 2.18. The molecule has 1 atom stereocenters. The van der Waals surface area contributed by atoms with Gasteiger partial charge in [-0.2, -0.15) is 11.3 Å². The molecule has 0 fully saturated rings. The molecule has 6 heteroatoms. The number of sulfonamides is 1. The first-order valence-corrected chi connectivity index (χ1v) is 8.29. The molecule has 19 heavy (non-hydrogen) atoms. The van der Waals surface area contributed by atoms with Crippen molar-refractivity contribution in [1.29, 1.82) is 0 Å². The van der Waals surface area contributed by atoms with Crippen LogP contribution in [0, 0.1) is 0 Å². The molecule has 0 aliphatic rings. The summed E-state index contributed by atoms with van der Waals surface area (Å²) in [4.78, 5) is 0.235. The van der Waals surface area contributed by atoms with Crippen molar-refractivity contribution in [2.75, 3.05) is 12.3 Å². The van der Waals surface area contributed by atoms with E-state index >= 15 is 0 Å². The average Bonchev–Trinajstić information content (AvgIpc) is 2.90. The Labute approximate surface area is 117 Å². The summed E-state index contributed by atoms with van der Waals surface area (Å²) in [6.07, 6.45) is 0. The summed E-state index contributed by atoms with van der Waals surface area (Å²) in [5.74, 6) is 0.148. The molecular formula is C13H16N2O2S2. The van der Waals surface area contributed by atoms with E-state index in [4.69, 9.17) is 5.73 Å². The highest BCUT2D eigenvalue weighted by atomic mass is 32.2. The smallest absolute Gasteiger partial charge is 0.240 e. The molecule has 0 radical (unpaired) electrons. The van der Waals surface area contributed by atoms with Crippen LogP contribution in [0.5, 0.6) is 0 Å². The predicted molar refractivity (Wildman–Crippen MR) is 78.8 cm³/mol. The van der Waals surface area contributed by atoms with Gasteiger partial charge >= 0.3 is 0 Å². The maximum Gasteiger partial charge on any atom is 0.240 e. The minimum absolute atomic E-state index is 0.148. The molecule has 0 bridgehead atoms. The quantitative estimate of drug-likeness (QED) is 0.832. The molecule has 0 spiro atoms. The lowest BCUT2D eigenvalue weighted by Gasteiger charge is -2.12. The first-order valence-electron chi connectivity index (χ1n) is 5.86. The fourth-order valence-electron chi connectivity index (χ4n) is 1.64. The third kappa shape index (κ3) is 3.56. The topological polar surface area (TPSA) is 72.2 Å². The lowest BCUT2D eigenvalue weighted by Crippen LogP contribution is -2.27. The monoisotopic (exact) mass is 296 g/mol. The van der Waals surface area contributed by atoms with Crippen LogP contribution in [-0.4, -0.2) is 15.0 Å². The van der Waals surface area contributed by atoms with Gasteiger partial charge in [0.15, 0.2) is 0 Å². The van der Waals surface area contributed by atoms with Gasteiger partial charge in [0.1, 0.15) is 0 Å². The zero-order chi connectivity index (χ0) is 13.9. The molecule has 3 N–H and O–H groups in total. The van der Waals surface area contributed by atoms with E-state index in [1.807, 2.05) is 23.8 Å². The van der Waals surface area contributed by atoms with Gasteiger partial charge in [-0.15, -0.1) is 0 Å². The molecule has 0 aliphatic heterocycles. The second kappa shape index (κ2) is 5.73. The summed E-state index contributed by atoms with van der Waals surface area (Å²) in [5, 5.41) is 4.02. The van der Waals surface area contributed by atoms with Gasteiger partial charge in [0.2, 0.25) is 10.0 Å². The Morgan fingerprint density at radius 1 is 1.26 bits per heavy atom. The van der Waals surface area contributed by atoms with Crippen LogP contribution in [-0.2, 0) is 10.0 Å². The van der Waals surface area contributed by atoms with Crippen molar-refractivity contribution >= 4 is 27.0 Å². The van der Waals surface area contributed by atoms with Gasteiger partial charge in [-0.25, -0.2) is 13.1 Å². The second-order valence-electron chi connectivity index (χ2n) is 4.38. The maximum absolute atomic E-state index is 12.1. The van der Waals surface area contributed by atoms with Crippen LogP contribution < -0.4 is 10.5 Å². The van der Waals surface area contributed by atoms with Crippen LogP contribution in [0.25, 0.3) is 0 Å². The first-order chi connectivity index (χ1) is 8.99. The zero-order valence-corrected chi connectivity index (χ0v) is 12.2. The van der Waals surface area contributed by atoms with Crippen molar-refractivity contribution in [2.45, 2.75) is 17.7 Å². The largest absolute Gasteiger partial charge is 0.399 e. The van der Waals surface area contributed by atoms with Gasteiger partial charge in [0.05, 0.1) is 4.90 Å². The molecule has 1 aromatic heterocycles. The van der Waals surface area contributed by atoms with Crippen LogP contribution in [0.15, 0.2) is 46.0 Å². The van der Waals surface area contributed by atoms with E-state index < -0.39 is 10.0 Å². The number of rotatable bonds is 5. The molecule has 0 saturated carbocycles. The van der Waals surface area contributed by atoms with E-state index in [2.05, 4.69) is 4.72 Å². The molecule has 1 heterocycles. The van der Waals surface area contributed by atoms with Crippen molar-refractivity contribution in [2.24, 2.45) is 0 Å². The van der Waals surface area contributed by atoms with Gasteiger partial charge < -0.3 is 5.73 Å². The van der Waals surface area contributed by atoms with Crippen molar-refractivity contribution in [1.82, 2.24) is 4.72 Å². The lowest BCUT2D eigenvalue weighted by atomic mass is 10.1. The Morgan fingerprint density at radius 2 is 1.95 bits per heavy atom. The molecule has 2 rings (SSSR count). The lowest BCUT2D eigenvalue weighted by molar-refractivity contribution is 0.575. The van der Waals surface area contributed by atoms with Crippen molar-refractivity contribution in [3.63, 3.8) is 0 Å². The van der Waals surface area contributed by atoms with Crippen molar-refractivity contribution in [3.8, 4) is 0 Å². The summed E-state index contributed by atoms with van der Waals surface area (Å²) >= 11 is 1.61. The third-order valence-corrected chi connectivity index (χ3v) is 5.02. The van der Waals surface area contributed by atoms with Crippen LogP contribution in [0.2, 0.25) is 0 Å². The van der Waals surface area contributed by atoms with E-state index in [0.717, 1.165) is 5.56 Å². The molecule has 2 aromatic rings.